The maximum Gasteiger partial charge on any atom is 0.281 e. The summed E-state index contributed by atoms with van der Waals surface area (Å²) in [6, 6.07) is 6.77. The first-order valence-electron chi connectivity index (χ1n) is 7.51. The average Bonchev–Trinajstić information content (AvgIpc) is 2.96. The van der Waals surface area contributed by atoms with E-state index in [4.69, 9.17) is 11.6 Å². The van der Waals surface area contributed by atoms with E-state index in [1.807, 2.05) is 0 Å². The molecular formula is C15H17ClN4O3S2. The number of fused-ring (bicyclic) bond motifs is 1. The van der Waals surface area contributed by atoms with Crippen LogP contribution in [-0.4, -0.2) is 48.6 Å². The summed E-state index contributed by atoms with van der Waals surface area (Å²) in [5, 5.41) is 3.55. The molecule has 2 aromatic rings. The second-order valence-electron chi connectivity index (χ2n) is 5.70. The zero-order chi connectivity index (χ0) is 18.2. The van der Waals surface area contributed by atoms with Crippen LogP contribution in [0.3, 0.4) is 0 Å². The van der Waals surface area contributed by atoms with Crippen molar-refractivity contribution in [3.63, 3.8) is 0 Å². The largest absolute Gasteiger partial charge is 0.298 e. The molecule has 25 heavy (non-hydrogen) atoms. The van der Waals surface area contributed by atoms with Crippen molar-refractivity contribution in [1.82, 2.24) is 13.6 Å². The molecular weight excluding hydrogens is 384 g/mol. The highest BCUT2D eigenvalue weighted by Gasteiger charge is 2.30. The van der Waals surface area contributed by atoms with Crippen molar-refractivity contribution in [2.75, 3.05) is 26.0 Å². The molecule has 134 valence electrons. The summed E-state index contributed by atoms with van der Waals surface area (Å²) >= 11 is 7.31. The molecule has 3 rings (SSSR count). The number of thiazole rings is 1. The van der Waals surface area contributed by atoms with Crippen molar-refractivity contribution in [2.45, 2.75) is 13.0 Å². The van der Waals surface area contributed by atoms with E-state index in [1.54, 1.807) is 24.3 Å². The highest BCUT2D eigenvalue weighted by atomic mass is 35.5. The molecule has 0 radical (unpaired) electrons. The van der Waals surface area contributed by atoms with Crippen molar-refractivity contribution in [1.29, 1.82) is 0 Å². The molecule has 2 heterocycles. The Balaban J connectivity index is 1.77. The summed E-state index contributed by atoms with van der Waals surface area (Å²) in [7, 11) is -0.451. The van der Waals surface area contributed by atoms with Gasteiger partial charge in [-0.1, -0.05) is 23.7 Å². The van der Waals surface area contributed by atoms with Crippen LogP contribution in [0.2, 0.25) is 5.02 Å². The van der Waals surface area contributed by atoms with Crippen LogP contribution in [0.4, 0.5) is 5.13 Å². The third-order valence-electron chi connectivity index (χ3n) is 3.82. The van der Waals surface area contributed by atoms with E-state index in [0.29, 0.717) is 28.7 Å². The van der Waals surface area contributed by atoms with Crippen molar-refractivity contribution in [3.05, 3.63) is 45.4 Å². The first-order valence-corrected chi connectivity index (χ1v) is 10.1. The number of halogens is 1. The minimum absolute atomic E-state index is 0.259. The van der Waals surface area contributed by atoms with Crippen molar-refractivity contribution < 1.29 is 13.2 Å². The molecule has 0 unspecified atom stereocenters. The SMILES string of the molecule is CN(C)S(=O)(=O)N1CCc2nc(NC(=O)c3ccccc3Cl)sc2C1. The van der Waals surface area contributed by atoms with Crippen molar-refractivity contribution in [2.24, 2.45) is 0 Å². The van der Waals surface area contributed by atoms with Gasteiger partial charge in [-0.2, -0.15) is 17.0 Å². The van der Waals surface area contributed by atoms with Gasteiger partial charge >= 0.3 is 0 Å². The molecule has 10 heteroatoms. The minimum atomic E-state index is -3.46. The number of anilines is 1. The molecule has 0 fully saturated rings. The number of nitrogens with zero attached hydrogens (tertiary/aromatic N) is 3. The second-order valence-corrected chi connectivity index (χ2v) is 9.33. The predicted octanol–water partition coefficient (Wildman–Crippen LogP) is 2.21. The van der Waals surface area contributed by atoms with E-state index in [9.17, 15) is 13.2 Å². The number of hydrogen-bond donors (Lipinski definition) is 1. The molecule has 0 spiro atoms. The quantitative estimate of drug-likeness (QED) is 0.852. The highest BCUT2D eigenvalue weighted by molar-refractivity contribution is 7.86. The Kier molecular flexibility index (Phi) is 5.12. The van der Waals surface area contributed by atoms with E-state index in [1.165, 1.54) is 34.0 Å². The lowest BCUT2D eigenvalue weighted by atomic mass is 10.2. The summed E-state index contributed by atoms with van der Waals surface area (Å²) in [6.07, 6.45) is 0.515. The van der Waals surface area contributed by atoms with Crippen LogP contribution in [0.25, 0.3) is 0 Å². The molecule has 0 saturated heterocycles. The van der Waals surface area contributed by atoms with Gasteiger partial charge in [-0.25, -0.2) is 4.98 Å². The molecule has 1 aliphatic heterocycles. The van der Waals surface area contributed by atoms with Gasteiger partial charge in [0, 0.05) is 31.9 Å². The van der Waals surface area contributed by atoms with Gasteiger partial charge in [-0.3, -0.25) is 10.1 Å². The first-order chi connectivity index (χ1) is 11.8. The fraction of sp³-hybridized carbons (Fsp3) is 0.333. The third-order valence-corrected chi connectivity index (χ3v) is 7.04. The van der Waals surface area contributed by atoms with E-state index in [0.717, 1.165) is 10.6 Å². The minimum Gasteiger partial charge on any atom is -0.298 e. The number of rotatable bonds is 4. The average molecular weight is 401 g/mol. The predicted molar refractivity (Wildman–Crippen MR) is 98.2 cm³/mol. The zero-order valence-corrected chi connectivity index (χ0v) is 16.1. The normalized spacial score (nSPS) is 15.2. The van der Waals surface area contributed by atoms with E-state index >= 15 is 0 Å². The number of carbonyl (C=O) groups is 1. The van der Waals surface area contributed by atoms with Crippen molar-refractivity contribution in [3.8, 4) is 0 Å². The Morgan fingerprint density at radius 1 is 1.36 bits per heavy atom. The lowest BCUT2D eigenvalue weighted by Gasteiger charge is -2.27. The lowest BCUT2D eigenvalue weighted by Crippen LogP contribution is -2.42. The molecule has 1 N–H and O–H groups in total. The van der Waals surface area contributed by atoms with Gasteiger partial charge in [0.15, 0.2) is 5.13 Å². The van der Waals surface area contributed by atoms with Crippen LogP contribution < -0.4 is 5.32 Å². The van der Waals surface area contributed by atoms with Crippen LogP contribution in [0.1, 0.15) is 20.9 Å². The summed E-state index contributed by atoms with van der Waals surface area (Å²) in [4.78, 5) is 17.6. The molecule has 0 bridgehead atoms. The Morgan fingerprint density at radius 2 is 2.08 bits per heavy atom. The monoisotopic (exact) mass is 400 g/mol. The van der Waals surface area contributed by atoms with Crippen LogP contribution >= 0.6 is 22.9 Å². The van der Waals surface area contributed by atoms with E-state index in [2.05, 4.69) is 10.3 Å². The molecule has 7 nitrogen and oxygen atoms in total. The summed E-state index contributed by atoms with van der Waals surface area (Å²) in [6.45, 7) is 0.630. The number of carbonyl (C=O) groups excluding carboxylic acids is 1. The molecule has 0 aliphatic carbocycles. The smallest absolute Gasteiger partial charge is 0.281 e. The van der Waals surface area contributed by atoms with E-state index in [-0.39, 0.29) is 12.5 Å². The van der Waals surface area contributed by atoms with Crippen molar-refractivity contribution >= 4 is 44.2 Å². The number of aromatic nitrogens is 1. The standard InChI is InChI=1S/C15H17ClN4O3S2/c1-19(2)25(22,23)20-8-7-12-13(9-20)24-15(17-12)18-14(21)10-5-3-4-6-11(10)16/h3-6H,7-9H2,1-2H3,(H,17,18,21). The zero-order valence-electron chi connectivity index (χ0n) is 13.7. The molecule has 1 aromatic heterocycles. The fourth-order valence-electron chi connectivity index (χ4n) is 2.46. The Labute approximate surface area is 155 Å². The summed E-state index contributed by atoms with van der Waals surface area (Å²) < 4.78 is 27.1. The fourth-order valence-corrected chi connectivity index (χ4v) is 4.86. The van der Waals surface area contributed by atoms with Gasteiger partial charge in [-0.15, -0.1) is 11.3 Å². The van der Waals surface area contributed by atoms with Gasteiger partial charge in [0.05, 0.1) is 22.8 Å². The highest BCUT2D eigenvalue weighted by Crippen LogP contribution is 2.30. The second kappa shape index (κ2) is 7.00. The summed E-state index contributed by atoms with van der Waals surface area (Å²) in [5.41, 5.74) is 1.19. The Bertz CT molecular complexity index is 911. The molecule has 0 saturated carbocycles. The molecule has 1 aromatic carbocycles. The number of hydrogen-bond acceptors (Lipinski definition) is 5. The van der Waals surface area contributed by atoms with Crippen LogP contribution in [0, 0.1) is 0 Å². The van der Waals surface area contributed by atoms with Gasteiger partial charge < -0.3 is 0 Å². The summed E-state index contributed by atoms with van der Waals surface area (Å²) in [5.74, 6) is -0.338. The molecule has 0 atom stereocenters. The molecule has 1 amide bonds. The maximum absolute atomic E-state index is 12.3. The first kappa shape index (κ1) is 18.3. The lowest BCUT2D eigenvalue weighted by molar-refractivity contribution is 0.102. The number of nitrogens with one attached hydrogen (secondary N) is 1. The van der Waals surface area contributed by atoms with Gasteiger partial charge in [-0.05, 0) is 12.1 Å². The Hall–Kier alpha value is -1.52. The van der Waals surface area contributed by atoms with Crippen LogP contribution in [0.15, 0.2) is 24.3 Å². The van der Waals surface area contributed by atoms with Gasteiger partial charge in [0.25, 0.3) is 16.1 Å². The van der Waals surface area contributed by atoms with Crippen LogP contribution in [-0.2, 0) is 23.2 Å². The number of amides is 1. The molecule has 1 aliphatic rings. The van der Waals surface area contributed by atoms with Crippen LogP contribution in [0.5, 0.6) is 0 Å². The Morgan fingerprint density at radius 3 is 2.76 bits per heavy atom. The van der Waals surface area contributed by atoms with Gasteiger partial charge in [0.2, 0.25) is 0 Å². The topological polar surface area (TPSA) is 82.6 Å². The van der Waals surface area contributed by atoms with Gasteiger partial charge in [0.1, 0.15) is 0 Å². The maximum atomic E-state index is 12.3. The van der Waals surface area contributed by atoms with E-state index < -0.39 is 10.2 Å². The third kappa shape index (κ3) is 3.70. The number of benzene rings is 1.